The minimum atomic E-state index is 0.171. The SMILES string of the molecule is Cc1cc(N2CCN(c3nc(N)c4cnn(C)c4n3)CC2)nc(-c2ccccc2O)n1. The third-order valence-corrected chi connectivity index (χ3v) is 5.48. The highest BCUT2D eigenvalue weighted by Crippen LogP contribution is 2.28. The Kier molecular flexibility index (Phi) is 4.54. The number of fused-ring (bicyclic) bond motifs is 1. The van der Waals surface area contributed by atoms with Crippen LogP contribution in [-0.2, 0) is 7.05 Å². The molecular weight excluding hydrogens is 394 g/mol. The van der Waals surface area contributed by atoms with Crippen LogP contribution in [0.15, 0.2) is 36.5 Å². The van der Waals surface area contributed by atoms with Crippen LogP contribution in [0.25, 0.3) is 22.4 Å². The minimum absolute atomic E-state index is 0.171. The number of anilines is 3. The molecule has 1 aliphatic rings. The summed E-state index contributed by atoms with van der Waals surface area (Å²) in [7, 11) is 1.84. The summed E-state index contributed by atoms with van der Waals surface area (Å²) in [5.74, 6) is 2.58. The first-order valence-electron chi connectivity index (χ1n) is 10.1. The fourth-order valence-electron chi connectivity index (χ4n) is 3.81. The smallest absolute Gasteiger partial charge is 0.229 e. The van der Waals surface area contributed by atoms with E-state index in [4.69, 9.17) is 10.7 Å². The Labute approximate surface area is 179 Å². The molecule has 0 atom stereocenters. The number of nitrogen functional groups attached to an aromatic ring is 1. The second kappa shape index (κ2) is 7.38. The summed E-state index contributed by atoms with van der Waals surface area (Å²) < 4.78 is 1.71. The number of rotatable bonds is 3. The summed E-state index contributed by atoms with van der Waals surface area (Å²) in [5, 5.41) is 15.2. The van der Waals surface area contributed by atoms with E-state index < -0.39 is 0 Å². The number of hydrogen-bond acceptors (Lipinski definition) is 9. The van der Waals surface area contributed by atoms with Crippen molar-refractivity contribution in [2.24, 2.45) is 7.05 Å². The lowest BCUT2D eigenvalue weighted by Gasteiger charge is -2.35. The van der Waals surface area contributed by atoms with E-state index >= 15 is 0 Å². The molecule has 1 aromatic carbocycles. The van der Waals surface area contributed by atoms with Gasteiger partial charge in [-0.1, -0.05) is 12.1 Å². The van der Waals surface area contributed by atoms with E-state index in [0.29, 0.717) is 23.2 Å². The van der Waals surface area contributed by atoms with Gasteiger partial charge in [0.1, 0.15) is 17.4 Å². The van der Waals surface area contributed by atoms with Gasteiger partial charge in [-0.05, 0) is 19.1 Å². The van der Waals surface area contributed by atoms with Crippen LogP contribution < -0.4 is 15.5 Å². The van der Waals surface area contributed by atoms with E-state index in [9.17, 15) is 5.11 Å². The quantitative estimate of drug-likeness (QED) is 0.513. The maximum atomic E-state index is 10.2. The highest BCUT2D eigenvalue weighted by atomic mass is 16.3. The number of aryl methyl sites for hydroxylation is 2. The third-order valence-electron chi connectivity index (χ3n) is 5.48. The molecule has 3 aromatic heterocycles. The molecule has 4 aromatic rings. The van der Waals surface area contributed by atoms with Gasteiger partial charge in [0, 0.05) is 45.0 Å². The van der Waals surface area contributed by atoms with E-state index in [1.807, 2.05) is 32.2 Å². The van der Waals surface area contributed by atoms with Gasteiger partial charge in [-0.3, -0.25) is 4.68 Å². The van der Waals surface area contributed by atoms with Gasteiger partial charge < -0.3 is 20.6 Å². The van der Waals surface area contributed by atoms with Crippen molar-refractivity contribution in [2.45, 2.75) is 6.92 Å². The molecule has 0 radical (unpaired) electrons. The summed E-state index contributed by atoms with van der Waals surface area (Å²) in [6.45, 7) is 4.91. The average molecular weight is 417 g/mol. The summed E-state index contributed by atoms with van der Waals surface area (Å²) in [6, 6.07) is 9.08. The van der Waals surface area contributed by atoms with Gasteiger partial charge in [-0.2, -0.15) is 15.1 Å². The number of benzene rings is 1. The van der Waals surface area contributed by atoms with Crippen LogP contribution in [0.5, 0.6) is 5.75 Å². The topological polar surface area (TPSA) is 122 Å². The monoisotopic (exact) mass is 417 g/mol. The molecule has 10 nitrogen and oxygen atoms in total. The van der Waals surface area contributed by atoms with Crippen LogP contribution in [0.4, 0.5) is 17.6 Å². The van der Waals surface area contributed by atoms with Crippen LogP contribution in [-0.4, -0.2) is 61.0 Å². The van der Waals surface area contributed by atoms with Crippen molar-refractivity contribution >= 4 is 28.6 Å². The van der Waals surface area contributed by atoms with E-state index in [-0.39, 0.29) is 5.75 Å². The Hall–Kier alpha value is -3.95. The van der Waals surface area contributed by atoms with Crippen molar-refractivity contribution in [1.29, 1.82) is 0 Å². The molecule has 0 aliphatic carbocycles. The Bertz CT molecular complexity index is 1260. The number of para-hydroxylation sites is 1. The number of aromatic nitrogens is 6. The van der Waals surface area contributed by atoms with Crippen molar-refractivity contribution in [3.8, 4) is 17.1 Å². The highest BCUT2D eigenvalue weighted by molar-refractivity contribution is 5.86. The number of phenols is 1. The predicted molar refractivity (Wildman–Crippen MR) is 119 cm³/mol. The largest absolute Gasteiger partial charge is 0.507 e. The summed E-state index contributed by atoms with van der Waals surface area (Å²) >= 11 is 0. The van der Waals surface area contributed by atoms with Gasteiger partial charge >= 0.3 is 0 Å². The van der Waals surface area contributed by atoms with Gasteiger partial charge in [0.2, 0.25) is 5.95 Å². The van der Waals surface area contributed by atoms with Crippen LogP contribution in [0.3, 0.4) is 0 Å². The first kappa shape index (κ1) is 19.0. The number of phenolic OH excluding ortho intramolecular Hbond substituents is 1. The van der Waals surface area contributed by atoms with Crippen LogP contribution in [0.1, 0.15) is 5.69 Å². The maximum absolute atomic E-state index is 10.2. The average Bonchev–Trinajstić information content (AvgIpc) is 3.15. The first-order valence-corrected chi connectivity index (χ1v) is 10.1. The predicted octanol–water partition coefficient (Wildman–Crippen LogP) is 1.74. The van der Waals surface area contributed by atoms with Crippen molar-refractivity contribution < 1.29 is 5.11 Å². The lowest BCUT2D eigenvalue weighted by Crippen LogP contribution is -2.47. The first-order chi connectivity index (χ1) is 15.0. The molecular formula is C21H23N9O. The van der Waals surface area contributed by atoms with E-state index in [1.165, 1.54) is 0 Å². The molecule has 0 spiro atoms. The van der Waals surface area contributed by atoms with Crippen LogP contribution in [0.2, 0.25) is 0 Å². The van der Waals surface area contributed by atoms with Crippen LogP contribution >= 0.6 is 0 Å². The zero-order valence-corrected chi connectivity index (χ0v) is 17.4. The zero-order valence-electron chi connectivity index (χ0n) is 17.4. The van der Waals surface area contributed by atoms with Gasteiger partial charge in [0.05, 0.1) is 17.1 Å². The second-order valence-electron chi connectivity index (χ2n) is 7.60. The van der Waals surface area contributed by atoms with Crippen molar-refractivity contribution in [1.82, 2.24) is 29.7 Å². The molecule has 1 aliphatic heterocycles. The van der Waals surface area contributed by atoms with E-state index in [0.717, 1.165) is 48.7 Å². The number of nitrogens with two attached hydrogens (primary N) is 1. The molecule has 10 heteroatoms. The molecule has 31 heavy (non-hydrogen) atoms. The molecule has 158 valence electrons. The van der Waals surface area contributed by atoms with Gasteiger partial charge in [-0.25, -0.2) is 9.97 Å². The fraction of sp³-hybridized carbons (Fsp3) is 0.286. The molecule has 3 N–H and O–H groups in total. The molecule has 1 saturated heterocycles. The van der Waals surface area contributed by atoms with Gasteiger partial charge in [0.25, 0.3) is 0 Å². The molecule has 0 unspecified atom stereocenters. The summed E-state index contributed by atoms with van der Waals surface area (Å²) in [5.41, 5.74) is 8.32. The molecule has 0 bridgehead atoms. The standard InChI is InChI=1S/C21H23N9O/c1-13-11-17(25-19(24-13)14-5-3-4-6-16(14)31)29-7-9-30(10-8-29)21-26-18(22)15-12-23-28(2)20(15)27-21/h3-6,11-12,31H,7-10H2,1-2H3,(H2,22,26,27). The number of hydrogen-bond donors (Lipinski definition) is 2. The number of nitrogens with zero attached hydrogens (tertiary/aromatic N) is 8. The Morgan fingerprint density at radius 2 is 1.71 bits per heavy atom. The normalized spacial score (nSPS) is 14.4. The minimum Gasteiger partial charge on any atom is -0.507 e. The molecule has 0 amide bonds. The summed E-state index contributed by atoms with van der Waals surface area (Å²) in [6.07, 6.45) is 1.69. The lowest BCUT2D eigenvalue weighted by molar-refractivity contribution is 0.477. The molecule has 0 saturated carbocycles. The Morgan fingerprint density at radius 1 is 0.968 bits per heavy atom. The third kappa shape index (κ3) is 3.45. The number of piperazine rings is 1. The van der Waals surface area contributed by atoms with Crippen molar-refractivity contribution in [3.05, 3.63) is 42.2 Å². The van der Waals surface area contributed by atoms with Crippen molar-refractivity contribution in [3.63, 3.8) is 0 Å². The lowest BCUT2D eigenvalue weighted by atomic mass is 10.2. The van der Waals surface area contributed by atoms with Gasteiger partial charge in [-0.15, -0.1) is 0 Å². The molecule has 5 rings (SSSR count). The molecule has 1 fully saturated rings. The second-order valence-corrected chi connectivity index (χ2v) is 7.60. The maximum Gasteiger partial charge on any atom is 0.229 e. The molecule has 4 heterocycles. The van der Waals surface area contributed by atoms with Crippen LogP contribution in [0, 0.1) is 6.92 Å². The number of aromatic hydroxyl groups is 1. The highest BCUT2D eigenvalue weighted by Gasteiger charge is 2.23. The zero-order chi connectivity index (χ0) is 21.5. The summed E-state index contributed by atoms with van der Waals surface area (Å²) in [4.78, 5) is 22.7. The Morgan fingerprint density at radius 3 is 2.48 bits per heavy atom. The Balaban J connectivity index is 1.38. The van der Waals surface area contributed by atoms with E-state index in [2.05, 4.69) is 29.9 Å². The van der Waals surface area contributed by atoms with E-state index in [1.54, 1.807) is 23.0 Å². The van der Waals surface area contributed by atoms with Gasteiger partial charge in [0.15, 0.2) is 11.5 Å². The van der Waals surface area contributed by atoms with Crippen molar-refractivity contribution in [2.75, 3.05) is 41.7 Å². The fourth-order valence-corrected chi connectivity index (χ4v) is 3.81.